The first-order chi connectivity index (χ1) is 11.5. The van der Waals surface area contributed by atoms with Gasteiger partial charge in [0, 0.05) is 28.3 Å². The number of anilines is 1. The van der Waals surface area contributed by atoms with Crippen molar-refractivity contribution in [3.05, 3.63) is 76.7 Å². The van der Waals surface area contributed by atoms with E-state index in [0.29, 0.717) is 15.7 Å². The van der Waals surface area contributed by atoms with Crippen molar-refractivity contribution in [1.82, 2.24) is 9.97 Å². The molecule has 0 saturated carbocycles. The smallest absolute Gasteiger partial charge is 0.278 e. The summed E-state index contributed by atoms with van der Waals surface area (Å²) < 4.78 is 0. The van der Waals surface area contributed by atoms with Gasteiger partial charge in [-0.2, -0.15) is 0 Å². The Balaban J connectivity index is 1.89. The number of carbonyl (C=O) groups is 1. The van der Waals surface area contributed by atoms with Crippen LogP contribution in [0, 0.1) is 0 Å². The molecule has 24 heavy (non-hydrogen) atoms. The van der Waals surface area contributed by atoms with Crippen LogP contribution in [0.3, 0.4) is 0 Å². The molecule has 3 aromatic rings. The molecule has 0 fully saturated rings. The molecule has 0 N–H and O–H groups in total. The second-order valence-corrected chi connectivity index (χ2v) is 6.01. The third-order valence-corrected chi connectivity index (χ3v) is 4.02. The number of aromatic nitrogens is 2. The number of benzene rings is 2. The third-order valence-electron chi connectivity index (χ3n) is 3.51. The van der Waals surface area contributed by atoms with E-state index in [9.17, 15) is 4.79 Å². The van der Waals surface area contributed by atoms with Gasteiger partial charge >= 0.3 is 0 Å². The second kappa shape index (κ2) is 6.99. The predicted molar refractivity (Wildman–Crippen MR) is 96.7 cm³/mol. The van der Waals surface area contributed by atoms with Crippen molar-refractivity contribution in [1.29, 1.82) is 0 Å². The molecule has 0 aliphatic carbocycles. The Labute approximate surface area is 149 Å². The number of hydrogen-bond donors (Lipinski definition) is 0. The Morgan fingerprint density at radius 3 is 2.12 bits per heavy atom. The van der Waals surface area contributed by atoms with Gasteiger partial charge in [-0.3, -0.25) is 9.78 Å². The van der Waals surface area contributed by atoms with Gasteiger partial charge in [0.1, 0.15) is 5.69 Å². The van der Waals surface area contributed by atoms with Crippen molar-refractivity contribution in [2.24, 2.45) is 0 Å². The van der Waals surface area contributed by atoms with Crippen LogP contribution < -0.4 is 4.90 Å². The Kier molecular flexibility index (Phi) is 4.79. The van der Waals surface area contributed by atoms with Gasteiger partial charge in [-0.1, -0.05) is 35.3 Å². The molecule has 1 heterocycles. The van der Waals surface area contributed by atoms with Crippen molar-refractivity contribution in [2.75, 3.05) is 11.9 Å². The molecule has 1 aromatic heterocycles. The summed E-state index contributed by atoms with van der Waals surface area (Å²) in [5, 5.41) is 1.26. The zero-order valence-corrected chi connectivity index (χ0v) is 14.3. The lowest BCUT2D eigenvalue weighted by molar-refractivity contribution is 0.0988. The maximum absolute atomic E-state index is 12.6. The van der Waals surface area contributed by atoms with Gasteiger partial charge in [-0.25, -0.2) is 4.98 Å². The molecular weight excluding hydrogens is 345 g/mol. The fraction of sp³-hybridized carbons (Fsp3) is 0.0556. The first-order valence-corrected chi connectivity index (χ1v) is 7.92. The van der Waals surface area contributed by atoms with Gasteiger partial charge in [-0.05, 0) is 36.4 Å². The average molecular weight is 358 g/mol. The van der Waals surface area contributed by atoms with Crippen molar-refractivity contribution in [3.8, 4) is 11.3 Å². The van der Waals surface area contributed by atoms with Crippen molar-refractivity contribution in [3.63, 3.8) is 0 Å². The molecule has 0 bridgehead atoms. The standard InChI is InChI=1S/C18H13Cl2N3O/c1-23(15-8-6-14(20)7-9-15)18(24)17-11-21-10-16(22-17)12-2-4-13(19)5-3-12/h2-11H,1H3. The van der Waals surface area contributed by atoms with E-state index >= 15 is 0 Å². The van der Waals surface area contributed by atoms with E-state index in [1.54, 1.807) is 49.6 Å². The van der Waals surface area contributed by atoms with Crippen LogP contribution in [-0.4, -0.2) is 22.9 Å². The summed E-state index contributed by atoms with van der Waals surface area (Å²) in [6.45, 7) is 0. The zero-order chi connectivity index (χ0) is 17.1. The number of halogens is 2. The van der Waals surface area contributed by atoms with E-state index in [1.165, 1.54) is 11.1 Å². The van der Waals surface area contributed by atoms with E-state index in [4.69, 9.17) is 23.2 Å². The Hall–Kier alpha value is -2.43. The lowest BCUT2D eigenvalue weighted by Gasteiger charge is -2.17. The largest absolute Gasteiger partial charge is 0.310 e. The summed E-state index contributed by atoms with van der Waals surface area (Å²) in [7, 11) is 1.68. The molecule has 1 amide bonds. The average Bonchev–Trinajstić information content (AvgIpc) is 2.62. The summed E-state index contributed by atoms with van der Waals surface area (Å²) >= 11 is 11.8. The number of carbonyl (C=O) groups excluding carboxylic acids is 1. The molecule has 6 heteroatoms. The minimum Gasteiger partial charge on any atom is -0.310 e. The van der Waals surface area contributed by atoms with E-state index in [1.807, 2.05) is 12.1 Å². The molecule has 2 aromatic carbocycles. The van der Waals surface area contributed by atoms with Crippen molar-refractivity contribution in [2.45, 2.75) is 0 Å². The molecule has 0 radical (unpaired) electrons. The minimum absolute atomic E-state index is 0.249. The zero-order valence-electron chi connectivity index (χ0n) is 12.8. The van der Waals surface area contributed by atoms with E-state index in [2.05, 4.69) is 9.97 Å². The molecule has 0 spiro atoms. The number of hydrogen-bond acceptors (Lipinski definition) is 3. The van der Waals surface area contributed by atoms with E-state index < -0.39 is 0 Å². The van der Waals surface area contributed by atoms with Gasteiger partial charge in [0.2, 0.25) is 0 Å². The molecule has 0 saturated heterocycles. The molecule has 3 rings (SSSR count). The van der Waals surface area contributed by atoms with Crippen LogP contribution in [0.25, 0.3) is 11.3 Å². The van der Waals surface area contributed by atoms with Crippen LogP contribution in [0.4, 0.5) is 5.69 Å². The van der Waals surface area contributed by atoms with E-state index in [-0.39, 0.29) is 11.6 Å². The van der Waals surface area contributed by atoms with Crippen molar-refractivity contribution >= 4 is 34.8 Å². The van der Waals surface area contributed by atoms with Gasteiger partial charge in [0.05, 0.1) is 18.1 Å². The van der Waals surface area contributed by atoms with Crippen LogP contribution in [0.1, 0.15) is 10.5 Å². The minimum atomic E-state index is -0.249. The maximum atomic E-state index is 12.6. The Bertz CT molecular complexity index is 864. The van der Waals surface area contributed by atoms with Gasteiger partial charge in [-0.15, -0.1) is 0 Å². The monoisotopic (exact) mass is 357 g/mol. The number of nitrogens with zero attached hydrogens (tertiary/aromatic N) is 3. The summed E-state index contributed by atoms with van der Waals surface area (Å²) in [5.41, 5.74) is 2.45. The lowest BCUT2D eigenvalue weighted by Crippen LogP contribution is -2.27. The van der Waals surface area contributed by atoms with Crippen LogP contribution in [0.2, 0.25) is 10.0 Å². The topological polar surface area (TPSA) is 46.1 Å². The maximum Gasteiger partial charge on any atom is 0.278 e. The van der Waals surface area contributed by atoms with Crippen LogP contribution in [0.15, 0.2) is 60.9 Å². The summed E-state index contributed by atoms with van der Waals surface area (Å²) in [6, 6.07) is 14.2. The van der Waals surface area contributed by atoms with Crippen LogP contribution in [0.5, 0.6) is 0 Å². The number of rotatable bonds is 3. The highest BCUT2D eigenvalue weighted by Gasteiger charge is 2.16. The second-order valence-electron chi connectivity index (χ2n) is 5.14. The van der Waals surface area contributed by atoms with Gasteiger partial charge < -0.3 is 4.90 Å². The summed E-state index contributed by atoms with van der Waals surface area (Å²) in [5.74, 6) is -0.249. The van der Waals surface area contributed by atoms with Crippen molar-refractivity contribution < 1.29 is 4.79 Å². The summed E-state index contributed by atoms with van der Waals surface area (Å²) in [4.78, 5) is 22.7. The first-order valence-electron chi connectivity index (χ1n) is 7.16. The Morgan fingerprint density at radius 2 is 1.50 bits per heavy atom. The molecule has 0 atom stereocenters. The molecule has 0 aliphatic rings. The summed E-state index contributed by atoms with van der Waals surface area (Å²) in [6.07, 6.45) is 3.07. The quantitative estimate of drug-likeness (QED) is 0.680. The number of amides is 1. The fourth-order valence-corrected chi connectivity index (χ4v) is 2.43. The van der Waals surface area contributed by atoms with Crippen LogP contribution in [-0.2, 0) is 0 Å². The first kappa shape index (κ1) is 16.4. The lowest BCUT2D eigenvalue weighted by atomic mass is 10.1. The molecule has 0 aliphatic heterocycles. The SMILES string of the molecule is CN(C(=O)c1cncc(-c2ccc(Cl)cc2)n1)c1ccc(Cl)cc1. The molecular formula is C18H13Cl2N3O. The molecule has 4 nitrogen and oxygen atoms in total. The third kappa shape index (κ3) is 3.55. The predicted octanol–water partition coefficient (Wildman–Crippen LogP) is 4.73. The van der Waals surface area contributed by atoms with Gasteiger partial charge in [0.15, 0.2) is 0 Å². The molecule has 120 valence electrons. The highest BCUT2D eigenvalue weighted by atomic mass is 35.5. The van der Waals surface area contributed by atoms with Gasteiger partial charge in [0.25, 0.3) is 5.91 Å². The van der Waals surface area contributed by atoms with Crippen LogP contribution >= 0.6 is 23.2 Å². The van der Waals surface area contributed by atoms with E-state index in [0.717, 1.165) is 11.3 Å². The highest BCUT2D eigenvalue weighted by Crippen LogP contribution is 2.21. The Morgan fingerprint density at radius 1 is 0.917 bits per heavy atom. The molecule has 0 unspecified atom stereocenters. The normalized spacial score (nSPS) is 10.5. The fourth-order valence-electron chi connectivity index (χ4n) is 2.18. The highest BCUT2D eigenvalue weighted by molar-refractivity contribution is 6.31.